The molecule has 0 unspecified atom stereocenters. The van der Waals surface area contributed by atoms with E-state index in [1.807, 2.05) is 48.8 Å². The van der Waals surface area contributed by atoms with Crippen molar-refractivity contribution < 1.29 is 0 Å². The molecule has 3 nitrogen and oxygen atoms in total. The third-order valence-electron chi connectivity index (χ3n) is 10.1. The van der Waals surface area contributed by atoms with Crippen molar-refractivity contribution in [2.24, 2.45) is 0 Å². The smallest absolute Gasteiger partial charge is 0.0900 e. The van der Waals surface area contributed by atoms with Crippen LogP contribution in [0.4, 0.5) is 0 Å². The van der Waals surface area contributed by atoms with Gasteiger partial charge in [-0.3, -0.25) is 9.97 Å². The topological polar surface area (TPSA) is 38.7 Å². The zero-order valence-electron chi connectivity index (χ0n) is 28.2. The molecular weight excluding hydrogens is 631 g/mol. The van der Waals surface area contributed by atoms with E-state index < -0.39 is 0 Å². The molecule has 10 aromatic rings. The Kier molecular flexibility index (Phi) is 7.14. The molecule has 3 heteroatoms. The molecule has 0 amide bonds. The maximum absolute atomic E-state index is 5.05. The van der Waals surface area contributed by atoms with Crippen molar-refractivity contribution >= 4 is 43.1 Å². The van der Waals surface area contributed by atoms with E-state index in [1.165, 1.54) is 65.3 Å². The SMILES string of the molecule is c1ccc(-c2cc(-c3ccc4c(-c5ccc6ccccc6c5)c5ccccc5c(-c5ccc6ccccc6c5)c4c3)cc(-c3ccccn3)n2)nc1. The summed E-state index contributed by atoms with van der Waals surface area (Å²) in [5.74, 6) is 0. The first-order valence-corrected chi connectivity index (χ1v) is 17.6. The Hall–Kier alpha value is -6.97. The van der Waals surface area contributed by atoms with Gasteiger partial charge in [-0.15, -0.1) is 0 Å². The van der Waals surface area contributed by atoms with Gasteiger partial charge in [0, 0.05) is 12.4 Å². The highest BCUT2D eigenvalue weighted by molar-refractivity contribution is 6.22. The molecule has 3 aromatic heterocycles. The number of benzene rings is 7. The molecule has 242 valence electrons. The number of rotatable bonds is 5. The van der Waals surface area contributed by atoms with E-state index in [-0.39, 0.29) is 0 Å². The van der Waals surface area contributed by atoms with E-state index in [9.17, 15) is 0 Å². The molecule has 3 heterocycles. The van der Waals surface area contributed by atoms with E-state index in [2.05, 4.69) is 149 Å². The van der Waals surface area contributed by atoms with Gasteiger partial charge in [-0.25, -0.2) is 4.98 Å². The third kappa shape index (κ3) is 5.19. The second-order valence-corrected chi connectivity index (χ2v) is 13.2. The lowest BCUT2D eigenvalue weighted by atomic mass is 9.84. The van der Waals surface area contributed by atoms with Crippen LogP contribution in [-0.2, 0) is 0 Å². The molecule has 0 saturated carbocycles. The average Bonchev–Trinajstić information content (AvgIpc) is 3.22. The highest BCUT2D eigenvalue weighted by atomic mass is 14.8. The molecule has 10 rings (SSSR count). The second-order valence-electron chi connectivity index (χ2n) is 13.2. The summed E-state index contributed by atoms with van der Waals surface area (Å²) in [4.78, 5) is 14.4. The predicted octanol–water partition coefficient (Wildman–Crippen LogP) is 12.8. The highest BCUT2D eigenvalue weighted by Gasteiger charge is 2.19. The maximum atomic E-state index is 5.05. The second kappa shape index (κ2) is 12.4. The number of hydrogen-bond donors (Lipinski definition) is 0. The van der Waals surface area contributed by atoms with Gasteiger partial charge in [0.25, 0.3) is 0 Å². The molecule has 52 heavy (non-hydrogen) atoms. The van der Waals surface area contributed by atoms with Crippen molar-refractivity contribution in [1.82, 2.24) is 15.0 Å². The van der Waals surface area contributed by atoms with Crippen LogP contribution in [0.5, 0.6) is 0 Å². The van der Waals surface area contributed by atoms with Gasteiger partial charge in [0.05, 0.1) is 22.8 Å². The first-order chi connectivity index (χ1) is 25.8. The van der Waals surface area contributed by atoms with Gasteiger partial charge in [-0.05, 0) is 131 Å². The van der Waals surface area contributed by atoms with E-state index in [0.717, 1.165) is 33.9 Å². The summed E-state index contributed by atoms with van der Waals surface area (Å²) in [6, 6.07) is 62.9. The fraction of sp³-hybridized carbons (Fsp3) is 0. The normalized spacial score (nSPS) is 11.5. The molecule has 7 aromatic carbocycles. The predicted molar refractivity (Wildman–Crippen MR) is 217 cm³/mol. The van der Waals surface area contributed by atoms with Crippen molar-refractivity contribution in [3.05, 3.63) is 188 Å². The van der Waals surface area contributed by atoms with Gasteiger partial charge < -0.3 is 0 Å². The monoisotopic (exact) mass is 661 g/mol. The molecular formula is C49H31N3. The zero-order valence-corrected chi connectivity index (χ0v) is 28.2. The van der Waals surface area contributed by atoms with Crippen molar-refractivity contribution in [2.45, 2.75) is 0 Å². The Labute approximate surface area is 301 Å². The first kappa shape index (κ1) is 29.9. The molecule has 0 bridgehead atoms. The van der Waals surface area contributed by atoms with E-state index in [0.29, 0.717) is 0 Å². The van der Waals surface area contributed by atoms with Gasteiger partial charge >= 0.3 is 0 Å². The number of fused-ring (bicyclic) bond motifs is 4. The largest absolute Gasteiger partial charge is 0.255 e. The van der Waals surface area contributed by atoms with Crippen LogP contribution in [0.25, 0.3) is 99.2 Å². The summed E-state index contributed by atoms with van der Waals surface area (Å²) in [5, 5.41) is 9.79. The van der Waals surface area contributed by atoms with Crippen LogP contribution >= 0.6 is 0 Å². The fourth-order valence-electron chi connectivity index (χ4n) is 7.66. The molecule has 0 aliphatic rings. The lowest BCUT2D eigenvalue weighted by Gasteiger charge is -2.19. The Bertz CT molecular complexity index is 2890. The quantitative estimate of drug-likeness (QED) is 0.172. The summed E-state index contributed by atoms with van der Waals surface area (Å²) in [7, 11) is 0. The van der Waals surface area contributed by atoms with Crippen molar-refractivity contribution in [2.75, 3.05) is 0 Å². The molecule has 0 fully saturated rings. The van der Waals surface area contributed by atoms with Crippen molar-refractivity contribution in [1.29, 1.82) is 0 Å². The summed E-state index contributed by atoms with van der Waals surface area (Å²) in [5.41, 5.74) is 10.3. The maximum Gasteiger partial charge on any atom is 0.0900 e. The summed E-state index contributed by atoms with van der Waals surface area (Å²) in [6.07, 6.45) is 3.63. The molecule has 0 N–H and O–H groups in total. The summed E-state index contributed by atoms with van der Waals surface area (Å²) in [6.45, 7) is 0. The van der Waals surface area contributed by atoms with E-state index >= 15 is 0 Å². The third-order valence-corrected chi connectivity index (χ3v) is 10.1. The van der Waals surface area contributed by atoms with Crippen LogP contribution in [0.2, 0.25) is 0 Å². The van der Waals surface area contributed by atoms with Gasteiger partial charge in [-0.2, -0.15) is 0 Å². The minimum absolute atomic E-state index is 0.809. The molecule has 0 aliphatic heterocycles. The van der Waals surface area contributed by atoms with Crippen LogP contribution in [0.15, 0.2) is 188 Å². The van der Waals surface area contributed by atoms with Crippen LogP contribution in [0.3, 0.4) is 0 Å². The Morgan fingerprint density at radius 2 is 0.731 bits per heavy atom. The lowest BCUT2D eigenvalue weighted by Crippen LogP contribution is -1.95. The van der Waals surface area contributed by atoms with Gasteiger partial charge in [0.15, 0.2) is 0 Å². The number of hydrogen-bond acceptors (Lipinski definition) is 3. The number of pyridine rings is 3. The summed E-state index contributed by atoms with van der Waals surface area (Å²) >= 11 is 0. The number of nitrogens with zero attached hydrogens (tertiary/aromatic N) is 3. The Balaban J connectivity index is 1.29. The van der Waals surface area contributed by atoms with E-state index in [4.69, 9.17) is 4.98 Å². The van der Waals surface area contributed by atoms with Crippen molar-refractivity contribution in [3.8, 4) is 56.2 Å². The first-order valence-electron chi connectivity index (χ1n) is 17.6. The summed E-state index contributed by atoms with van der Waals surface area (Å²) < 4.78 is 0. The van der Waals surface area contributed by atoms with Crippen LogP contribution < -0.4 is 0 Å². The standard InChI is InChI=1S/C49H31N3/c1-3-13-34-27-37(21-19-32(34)11-1)48-40-15-5-6-16-41(40)49(38-22-20-33-12-2-4-14-35(33)28-38)43-29-36(23-24-42(43)48)39-30-46(44-17-7-9-25-50-44)52-47(31-39)45-18-8-10-26-51-45/h1-31H. The Morgan fingerprint density at radius 1 is 0.269 bits per heavy atom. The van der Waals surface area contributed by atoms with Crippen molar-refractivity contribution in [3.63, 3.8) is 0 Å². The fourth-order valence-corrected chi connectivity index (χ4v) is 7.66. The molecule has 0 aliphatic carbocycles. The molecule has 0 spiro atoms. The highest BCUT2D eigenvalue weighted by Crippen LogP contribution is 2.46. The van der Waals surface area contributed by atoms with Crippen LogP contribution in [0, 0.1) is 0 Å². The molecule has 0 radical (unpaired) electrons. The lowest BCUT2D eigenvalue weighted by molar-refractivity contribution is 1.22. The molecule has 0 atom stereocenters. The Morgan fingerprint density at radius 3 is 1.27 bits per heavy atom. The van der Waals surface area contributed by atoms with Crippen LogP contribution in [0.1, 0.15) is 0 Å². The van der Waals surface area contributed by atoms with E-state index in [1.54, 1.807) is 0 Å². The van der Waals surface area contributed by atoms with Crippen LogP contribution in [-0.4, -0.2) is 15.0 Å². The van der Waals surface area contributed by atoms with Gasteiger partial charge in [0.2, 0.25) is 0 Å². The van der Waals surface area contributed by atoms with Gasteiger partial charge in [-0.1, -0.05) is 121 Å². The minimum atomic E-state index is 0.809. The number of aromatic nitrogens is 3. The molecule has 0 saturated heterocycles. The average molecular weight is 662 g/mol. The zero-order chi connectivity index (χ0) is 34.4. The van der Waals surface area contributed by atoms with Gasteiger partial charge in [0.1, 0.15) is 0 Å². The minimum Gasteiger partial charge on any atom is -0.255 e.